The van der Waals surface area contributed by atoms with Gasteiger partial charge in [-0.2, -0.15) is 0 Å². The number of anilines is 1. The summed E-state index contributed by atoms with van der Waals surface area (Å²) in [5.41, 5.74) is 7.33. The number of esters is 1. The largest absolute Gasteiger partial charge is 0.469 e. The van der Waals surface area contributed by atoms with Crippen molar-refractivity contribution in [1.29, 1.82) is 0 Å². The first-order chi connectivity index (χ1) is 9.74. The average molecular weight is 292 g/mol. The number of nitrogens with two attached hydrogens (primary N) is 1. The molecule has 1 atom stereocenters. The summed E-state index contributed by atoms with van der Waals surface area (Å²) >= 11 is 0. The number of rotatable bonds is 5. The van der Waals surface area contributed by atoms with Crippen LogP contribution in [0.5, 0.6) is 0 Å². The van der Waals surface area contributed by atoms with E-state index in [4.69, 9.17) is 5.73 Å². The number of hydrogen-bond donors (Lipinski definition) is 2. The van der Waals surface area contributed by atoms with Crippen molar-refractivity contribution in [3.05, 3.63) is 29.8 Å². The van der Waals surface area contributed by atoms with Gasteiger partial charge in [-0.15, -0.1) is 0 Å². The minimum absolute atomic E-state index is 0.204. The van der Waals surface area contributed by atoms with Gasteiger partial charge in [-0.3, -0.25) is 9.59 Å². The fraction of sp³-hybridized carbons (Fsp3) is 0.500. The third-order valence-corrected chi connectivity index (χ3v) is 3.28. The van der Waals surface area contributed by atoms with Crippen molar-refractivity contribution in [3.63, 3.8) is 0 Å². The van der Waals surface area contributed by atoms with Crippen molar-refractivity contribution in [3.8, 4) is 0 Å². The standard InChI is InChI=1S/C16H24N2O3/c1-16(2,3)14(17)15(20)18-12-8-5-11(6-9-12)7-10-13(19)21-4/h5-6,8-9,14H,7,10,17H2,1-4H3,(H,18,20)/t14-/m1/s1. The summed E-state index contributed by atoms with van der Waals surface area (Å²) in [6, 6.07) is 6.79. The average Bonchev–Trinajstić information content (AvgIpc) is 2.44. The highest BCUT2D eigenvalue weighted by molar-refractivity contribution is 5.95. The van der Waals surface area contributed by atoms with Crippen molar-refractivity contribution in [2.45, 2.75) is 39.7 Å². The van der Waals surface area contributed by atoms with Crippen LogP contribution in [-0.4, -0.2) is 25.0 Å². The SMILES string of the molecule is COC(=O)CCc1ccc(NC(=O)[C@@H](N)C(C)(C)C)cc1. The number of carbonyl (C=O) groups is 2. The second kappa shape index (κ2) is 7.22. The van der Waals surface area contributed by atoms with E-state index < -0.39 is 6.04 Å². The lowest BCUT2D eigenvalue weighted by molar-refractivity contribution is -0.140. The zero-order chi connectivity index (χ0) is 16.0. The van der Waals surface area contributed by atoms with Crippen LogP contribution in [0.1, 0.15) is 32.8 Å². The predicted octanol–water partition coefficient (Wildman–Crippen LogP) is 2.10. The highest BCUT2D eigenvalue weighted by Crippen LogP contribution is 2.19. The molecule has 3 N–H and O–H groups in total. The fourth-order valence-electron chi connectivity index (χ4n) is 1.72. The van der Waals surface area contributed by atoms with E-state index >= 15 is 0 Å². The van der Waals surface area contributed by atoms with Crippen LogP contribution in [0.3, 0.4) is 0 Å². The van der Waals surface area contributed by atoms with E-state index in [1.807, 2.05) is 32.9 Å². The molecule has 1 rings (SSSR count). The zero-order valence-corrected chi connectivity index (χ0v) is 13.1. The van der Waals surface area contributed by atoms with Crippen molar-refractivity contribution < 1.29 is 14.3 Å². The summed E-state index contributed by atoms with van der Waals surface area (Å²) < 4.78 is 4.60. The molecule has 1 aromatic carbocycles. The molecule has 0 aliphatic heterocycles. The lowest BCUT2D eigenvalue weighted by Gasteiger charge is -2.25. The number of aryl methyl sites for hydroxylation is 1. The van der Waals surface area contributed by atoms with Gasteiger partial charge >= 0.3 is 5.97 Å². The van der Waals surface area contributed by atoms with E-state index in [-0.39, 0.29) is 17.3 Å². The first-order valence-corrected chi connectivity index (χ1v) is 6.96. The molecule has 5 heteroatoms. The smallest absolute Gasteiger partial charge is 0.305 e. The van der Waals surface area contributed by atoms with Crippen LogP contribution in [0.15, 0.2) is 24.3 Å². The topological polar surface area (TPSA) is 81.4 Å². The normalized spacial score (nSPS) is 12.6. The van der Waals surface area contributed by atoms with Gasteiger partial charge in [-0.05, 0) is 29.5 Å². The van der Waals surface area contributed by atoms with Gasteiger partial charge in [-0.1, -0.05) is 32.9 Å². The fourth-order valence-corrected chi connectivity index (χ4v) is 1.72. The van der Waals surface area contributed by atoms with E-state index in [1.165, 1.54) is 7.11 Å². The molecule has 0 radical (unpaired) electrons. The maximum absolute atomic E-state index is 12.0. The Hall–Kier alpha value is -1.88. The molecular weight excluding hydrogens is 268 g/mol. The maximum Gasteiger partial charge on any atom is 0.305 e. The first kappa shape index (κ1) is 17.2. The second-order valence-corrected chi connectivity index (χ2v) is 6.11. The van der Waals surface area contributed by atoms with Crippen molar-refractivity contribution in [2.24, 2.45) is 11.1 Å². The van der Waals surface area contributed by atoms with Gasteiger partial charge in [-0.25, -0.2) is 0 Å². The van der Waals surface area contributed by atoms with E-state index in [2.05, 4.69) is 10.1 Å². The summed E-state index contributed by atoms with van der Waals surface area (Å²) in [6.07, 6.45) is 0.958. The molecule has 0 spiro atoms. The van der Waals surface area contributed by atoms with Crippen molar-refractivity contribution >= 4 is 17.6 Å². The summed E-state index contributed by atoms with van der Waals surface area (Å²) in [7, 11) is 1.37. The summed E-state index contributed by atoms with van der Waals surface area (Å²) in [4.78, 5) is 23.1. The monoisotopic (exact) mass is 292 g/mol. The van der Waals surface area contributed by atoms with Crippen LogP contribution in [-0.2, 0) is 20.7 Å². The molecule has 1 aromatic rings. The van der Waals surface area contributed by atoms with Crippen LogP contribution >= 0.6 is 0 Å². The number of methoxy groups -OCH3 is 1. The Labute approximate surface area is 125 Å². The molecule has 0 fully saturated rings. The Bertz CT molecular complexity index is 489. The van der Waals surface area contributed by atoms with Gasteiger partial charge in [0.25, 0.3) is 0 Å². The summed E-state index contributed by atoms with van der Waals surface area (Å²) in [5.74, 6) is -0.437. The lowest BCUT2D eigenvalue weighted by Crippen LogP contribution is -2.45. The number of hydrogen-bond acceptors (Lipinski definition) is 4. The molecule has 5 nitrogen and oxygen atoms in total. The molecule has 1 amide bonds. The highest BCUT2D eigenvalue weighted by Gasteiger charge is 2.27. The molecule has 0 unspecified atom stereocenters. The molecule has 0 saturated carbocycles. The molecule has 0 heterocycles. The third-order valence-electron chi connectivity index (χ3n) is 3.28. The third kappa shape index (κ3) is 5.55. The molecule has 0 bridgehead atoms. The molecule has 21 heavy (non-hydrogen) atoms. The Morgan fingerprint density at radius 2 is 1.81 bits per heavy atom. The lowest BCUT2D eigenvalue weighted by atomic mass is 9.87. The maximum atomic E-state index is 12.0. The van der Waals surface area contributed by atoms with Crippen molar-refractivity contribution in [1.82, 2.24) is 0 Å². The van der Waals surface area contributed by atoms with Gasteiger partial charge < -0.3 is 15.8 Å². The molecular formula is C16H24N2O3. The van der Waals surface area contributed by atoms with Crippen molar-refractivity contribution in [2.75, 3.05) is 12.4 Å². The van der Waals surface area contributed by atoms with Crippen LogP contribution in [0, 0.1) is 5.41 Å². The molecule has 0 aliphatic carbocycles. The number of ether oxygens (including phenoxy) is 1. The van der Waals surface area contributed by atoms with E-state index in [1.54, 1.807) is 12.1 Å². The second-order valence-electron chi connectivity index (χ2n) is 6.11. The van der Waals surface area contributed by atoms with Gasteiger partial charge in [0.15, 0.2) is 0 Å². The predicted molar refractivity (Wildman–Crippen MR) is 82.8 cm³/mol. The Balaban J connectivity index is 2.59. The van der Waals surface area contributed by atoms with Gasteiger partial charge in [0.2, 0.25) is 5.91 Å². The summed E-state index contributed by atoms with van der Waals surface area (Å²) in [6.45, 7) is 5.77. The Morgan fingerprint density at radius 3 is 2.29 bits per heavy atom. The summed E-state index contributed by atoms with van der Waals surface area (Å²) in [5, 5.41) is 2.80. The number of nitrogens with one attached hydrogen (secondary N) is 1. The molecule has 0 saturated heterocycles. The van der Waals surface area contributed by atoms with Gasteiger partial charge in [0.05, 0.1) is 13.2 Å². The van der Waals surface area contributed by atoms with Gasteiger partial charge in [0, 0.05) is 12.1 Å². The van der Waals surface area contributed by atoms with Gasteiger partial charge in [0.1, 0.15) is 0 Å². The van der Waals surface area contributed by atoms with Crippen LogP contribution in [0.25, 0.3) is 0 Å². The minimum atomic E-state index is -0.573. The van der Waals surface area contributed by atoms with Crippen LogP contribution < -0.4 is 11.1 Å². The molecule has 116 valence electrons. The quantitative estimate of drug-likeness (QED) is 0.814. The van der Waals surface area contributed by atoms with Crippen LogP contribution in [0.2, 0.25) is 0 Å². The van der Waals surface area contributed by atoms with Crippen LogP contribution in [0.4, 0.5) is 5.69 Å². The zero-order valence-electron chi connectivity index (χ0n) is 13.1. The Morgan fingerprint density at radius 1 is 1.24 bits per heavy atom. The number of amides is 1. The molecule has 0 aromatic heterocycles. The number of carbonyl (C=O) groups excluding carboxylic acids is 2. The minimum Gasteiger partial charge on any atom is -0.469 e. The first-order valence-electron chi connectivity index (χ1n) is 6.96. The van der Waals surface area contributed by atoms with E-state index in [9.17, 15) is 9.59 Å². The highest BCUT2D eigenvalue weighted by atomic mass is 16.5. The van der Waals surface area contributed by atoms with E-state index in [0.29, 0.717) is 18.5 Å². The number of benzene rings is 1. The van der Waals surface area contributed by atoms with E-state index in [0.717, 1.165) is 5.56 Å². The molecule has 0 aliphatic rings. The Kier molecular flexibility index (Phi) is 5.90.